The van der Waals surface area contributed by atoms with E-state index >= 15 is 0 Å². The van der Waals surface area contributed by atoms with Gasteiger partial charge in [0.15, 0.2) is 5.78 Å². The topological polar surface area (TPSA) is 17.1 Å². The Morgan fingerprint density at radius 1 is 1.04 bits per heavy atom. The predicted octanol–water partition coefficient (Wildman–Crippen LogP) is 8.17. The van der Waals surface area contributed by atoms with Gasteiger partial charge in [0.2, 0.25) is 0 Å². The lowest BCUT2D eigenvalue weighted by atomic mass is 10.1. The third-order valence-corrected chi connectivity index (χ3v) is 6.92. The van der Waals surface area contributed by atoms with Gasteiger partial charge in [0.05, 0.1) is 15.0 Å². The second-order valence-electron chi connectivity index (χ2n) is 5.85. The minimum Gasteiger partial charge on any atom is -0.288 e. The van der Waals surface area contributed by atoms with Crippen molar-refractivity contribution in [2.24, 2.45) is 0 Å². The van der Waals surface area contributed by atoms with Crippen LogP contribution in [0.2, 0.25) is 15.1 Å². The van der Waals surface area contributed by atoms with Crippen LogP contribution in [-0.2, 0) is 5.75 Å². The average molecular weight is 454 g/mol. The Bertz CT molecular complexity index is 991. The van der Waals surface area contributed by atoms with E-state index in [9.17, 15) is 4.79 Å². The molecule has 1 heterocycles. The van der Waals surface area contributed by atoms with Crippen molar-refractivity contribution in [2.75, 3.05) is 0 Å². The van der Waals surface area contributed by atoms with Crippen molar-refractivity contribution < 1.29 is 4.79 Å². The fraction of sp³-hybridized carbons (Fsp3) is 0.0952. The lowest BCUT2D eigenvalue weighted by Crippen LogP contribution is -2.01. The van der Waals surface area contributed by atoms with E-state index in [0.29, 0.717) is 31.3 Å². The summed E-state index contributed by atoms with van der Waals surface area (Å²) in [5.74, 6) is 0.594. The maximum absolute atomic E-state index is 13.1. The van der Waals surface area contributed by atoms with E-state index in [2.05, 4.69) is 0 Å². The van der Waals surface area contributed by atoms with Crippen molar-refractivity contribution >= 4 is 69.8 Å². The van der Waals surface area contributed by atoms with Gasteiger partial charge >= 0.3 is 0 Å². The Balaban J connectivity index is 1.88. The number of thiophene rings is 1. The molecule has 0 saturated carbocycles. The van der Waals surface area contributed by atoms with Gasteiger partial charge in [0, 0.05) is 21.2 Å². The van der Waals surface area contributed by atoms with E-state index in [4.69, 9.17) is 34.8 Å². The predicted molar refractivity (Wildman–Crippen MR) is 121 cm³/mol. The lowest BCUT2D eigenvalue weighted by molar-refractivity contribution is 0.104. The van der Waals surface area contributed by atoms with E-state index in [-0.39, 0.29) is 5.78 Å². The molecule has 0 spiro atoms. The number of Topliss-reactive ketones (excluding diaryl/α,β-unsaturated/α-hetero) is 1. The van der Waals surface area contributed by atoms with Crippen molar-refractivity contribution in [3.63, 3.8) is 0 Å². The molecular formula is C21H15Cl3OS2. The first-order valence-corrected chi connectivity index (χ1v) is 11.1. The molecule has 0 radical (unpaired) electrons. The van der Waals surface area contributed by atoms with Crippen LogP contribution in [-0.4, -0.2) is 5.78 Å². The zero-order chi connectivity index (χ0) is 19.4. The van der Waals surface area contributed by atoms with Crippen molar-refractivity contribution in [2.45, 2.75) is 12.7 Å². The highest BCUT2D eigenvalue weighted by Crippen LogP contribution is 2.31. The van der Waals surface area contributed by atoms with Crippen molar-refractivity contribution in [1.82, 2.24) is 0 Å². The molecule has 0 fully saturated rings. The Hall–Kier alpha value is -1.23. The van der Waals surface area contributed by atoms with Crippen LogP contribution in [0.15, 0.2) is 58.8 Å². The second-order valence-corrected chi connectivity index (χ2v) is 9.07. The number of carbonyl (C=O) groups excluding carboxylic acids is 1. The lowest BCUT2D eigenvalue weighted by Gasteiger charge is -2.08. The standard InChI is InChI=1S/C21H15Cl3OS2/c1-13-8-9-26-19(13)11-20(21(25)15-3-5-16(22)6-4-15)27-12-14-2-7-17(23)18(24)10-14/h2-11H,12H2,1H3/b20-11+. The molecule has 2 aromatic carbocycles. The summed E-state index contributed by atoms with van der Waals surface area (Å²) in [6.07, 6.45) is 1.96. The molecule has 0 bridgehead atoms. The van der Waals surface area contributed by atoms with E-state index < -0.39 is 0 Å². The van der Waals surface area contributed by atoms with Gasteiger partial charge in [-0.2, -0.15) is 0 Å². The van der Waals surface area contributed by atoms with Crippen LogP contribution in [0.3, 0.4) is 0 Å². The Morgan fingerprint density at radius 3 is 2.41 bits per heavy atom. The molecule has 0 aliphatic heterocycles. The summed E-state index contributed by atoms with van der Waals surface area (Å²) in [6, 6.07) is 14.5. The molecule has 0 saturated heterocycles. The van der Waals surface area contributed by atoms with Crippen molar-refractivity contribution in [3.05, 3.63) is 95.5 Å². The number of aryl methyl sites for hydroxylation is 1. The van der Waals surface area contributed by atoms with Gasteiger partial charge < -0.3 is 0 Å². The number of hydrogen-bond donors (Lipinski definition) is 0. The molecule has 0 N–H and O–H groups in total. The first kappa shape index (κ1) is 20.5. The van der Waals surface area contributed by atoms with Gasteiger partial charge in [0.1, 0.15) is 0 Å². The van der Waals surface area contributed by atoms with Gasteiger partial charge in [0.25, 0.3) is 0 Å². The van der Waals surface area contributed by atoms with Crippen molar-refractivity contribution in [1.29, 1.82) is 0 Å². The largest absolute Gasteiger partial charge is 0.288 e. The summed E-state index contributed by atoms with van der Waals surface area (Å²) < 4.78 is 0. The highest BCUT2D eigenvalue weighted by atomic mass is 35.5. The number of hydrogen-bond acceptors (Lipinski definition) is 3. The Morgan fingerprint density at radius 2 is 1.78 bits per heavy atom. The van der Waals surface area contributed by atoms with E-state index in [0.717, 1.165) is 16.0 Å². The molecule has 1 aromatic heterocycles. The van der Waals surface area contributed by atoms with E-state index in [1.54, 1.807) is 41.7 Å². The first-order chi connectivity index (χ1) is 12.9. The smallest absolute Gasteiger partial charge is 0.199 e. The normalized spacial score (nSPS) is 11.6. The molecular weight excluding hydrogens is 439 g/mol. The summed E-state index contributed by atoms with van der Waals surface area (Å²) >= 11 is 21.1. The number of halogens is 3. The summed E-state index contributed by atoms with van der Waals surface area (Å²) in [5, 5.41) is 3.66. The number of benzene rings is 2. The number of allylic oxidation sites excluding steroid dienone is 1. The fourth-order valence-electron chi connectivity index (χ4n) is 2.36. The molecule has 0 aliphatic rings. The van der Waals surface area contributed by atoms with Crippen LogP contribution in [0.4, 0.5) is 0 Å². The zero-order valence-corrected chi connectivity index (χ0v) is 18.2. The van der Waals surface area contributed by atoms with Crippen LogP contribution in [0.25, 0.3) is 6.08 Å². The van der Waals surface area contributed by atoms with Crippen LogP contribution < -0.4 is 0 Å². The molecule has 1 nitrogen and oxygen atoms in total. The third kappa shape index (κ3) is 5.40. The second kappa shape index (κ2) is 9.31. The van der Waals surface area contributed by atoms with Crippen LogP contribution >= 0.6 is 57.9 Å². The minimum atomic E-state index is -0.0236. The zero-order valence-electron chi connectivity index (χ0n) is 14.3. The summed E-state index contributed by atoms with van der Waals surface area (Å²) in [6.45, 7) is 2.04. The maximum atomic E-state index is 13.1. The SMILES string of the molecule is Cc1ccsc1/C=C(/SCc1ccc(Cl)c(Cl)c1)C(=O)c1ccc(Cl)cc1. The molecule has 3 aromatic rings. The van der Waals surface area contributed by atoms with E-state index in [1.807, 2.05) is 36.6 Å². The van der Waals surface area contributed by atoms with Gasteiger partial charge in [-0.05, 0) is 72.0 Å². The Kier molecular flexibility index (Phi) is 7.07. The highest BCUT2D eigenvalue weighted by molar-refractivity contribution is 8.03. The third-order valence-electron chi connectivity index (χ3n) is 3.87. The molecule has 0 amide bonds. The molecule has 3 rings (SSSR count). The number of ketones is 1. The van der Waals surface area contributed by atoms with Gasteiger partial charge in [-0.25, -0.2) is 0 Å². The van der Waals surface area contributed by atoms with Crippen molar-refractivity contribution in [3.8, 4) is 0 Å². The Labute approximate surface area is 182 Å². The van der Waals surface area contributed by atoms with Gasteiger partial charge in [-0.3, -0.25) is 4.79 Å². The summed E-state index contributed by atoms with van der Waals surface area (Å²) in [4.78, 5) is 14.8. The van der Waals surface area contributed by atoms with Gasteiger partial charge in [-0.1, -0.05) is 40.9 Å². The monoisotopic (exact) mass is 452 g/mol. The van der Waals surface area contributed by atoms with Crippen LogP contribution in [0.5, 0.6) is 0 Å². The van der Waals surface area contributed by atoms with Gasteiger partial charge in [-0.15, -0.1) is 23.1 Å². The van der Waals surface area contributed by atoms with Crippen LogP contribution in [0.1, 0.15) is 26.4 Å². The molecule has 6 heteroatoms. The van der Waals surface area contributed by atoms with Crippen LogP contribution in [0, 0.1) is 6.92 Å². The first-order valence-electron chi connectivity index (χ1n) is 8.07. The maximum Gasteiger partial charge on any atom is 0.199 e. The minimum absolute atomic E-state index is 0.0236. The summed E-state index contributed by atoms with van der Waals surface area (Å²) in [5.41, 5.74) is 2.77. The highest BCUT2D eigenvalue weighted by Gasteiger charge is 2.15. The fourth-order valence-corrected chi connectivity index (χ4v) is 4.69. The number of rotatable bonds is 6. The molecule has 138 valence electrons. The average Bonchev–Trinajstić information content (AvgIpc) is 3.06. The van der Waals surface area contributed by atoms with E-state index in [1.165, 1.54) is 11.8 Å². The molecule has 27 heavy (non-hydrogen) atoms. The summed E-state index contributed by atoms with van der Waals surface area (Å²) in [7, 11) is 0. The number of thioether (sulfide) groups is 1. The molecule has 0 atom stereocenters. The molecule has 0 unspecified atom stereocenters. The molecule has 0 aliphatic carbocycles. The number of carbonyl (C=O) groups is 1. The quantitative estimate of drug-likeness (QED) is 0.276.